The normalized spacial score (nSPS) is 43.1. The Bertz CT molecular complexity index is 1160. The van der Waals surface area contributed by atoms with Crippen molar-refractivity contribution in [2.45, 2.75) is 124 Å². The molecule has 0 spiro atoms. The quantitative estimate of drug-likeness (QED) is 0.356. The van der Waals surface area contributed by atoms with E-state index in [1.807, 2.05) is 35.2 Å². The first-order valence-electron chi connectivity index (χ1n) is 17.3. The van der Waals surface area contributed by atoms with Gasteiger partial charge in [0, 0.05) is 19.5 Å². The topological polar surface area (TPSA) is 76.1 Å². The minimum Gasteiger partial charge on any atom is -0.463 e. The predicted molar refractivity (Wildman–Crippen MR) is 167 cm³/mol. The molecule has 4 saturated carbocycles. The van der Waals surface area contributed by atoms with Crippen LogP contribution < -0.4 is 0 Å². The van der Waals surface area contributed by atoms with Crippen LogP contribution in [0.15, 0.2) is 30.3 Å². The molecule has 6 heteroatoms. The number of fused-ring (bicyclic) bond motifs is 5. The minimum absolute atomic E-state index is 0.0834. The molecule has 1 amide bonds. The van der Waals surface area contributed by atoms with Crippen molar-refractivity contribution < 1.29 is 24.2 Å². The second kappa shape index (κ2) is 12.0. The molecule has 1 N–H and O–H groups in total. The lowest BCUT2D eigenvalue weighted by atomic mass is 9.44. The van der Waals surface area contributed by atoms with Crippen LogP contribution in [0.5, 0.6) is 0 Å². The smallest absolute Gasteiger partial charge is 0.410 e. The van der Waals surface area contributed by atoms with Crippen molar-refractivity contribution in [1.82, 2.24) is 4.90 Å². The van der Waals surface area contributed by atoms with Crippen molar-refractivity contribution >= 4 is 12.1 Å². The largest absolute Gasteiger partial charge is 0.463 e. The lowest BCUT2D eigenvalue weighted by molar-refractivity contribution is -0.161. The number of esters is 1. The Morgan fingerprint density at radius 3 is 2.47 bits per heavy atom. The van der Waals surface area contributed by atoms with Crippen molar-refractivity contribution in [3.8, 4) is 0 Å². The van der Waals surface area contributed by atoms with Gasteiger partial charge >= 0.3 is 12.1 Å². The number of hydrogen-bond acceptors (Lipinski definition) is 5. The molecular weight excluding hydrogens is 538 g/mol. The van der Waals surface area contributed by atoms with Crippen LogP contribution in [0.1, 0.15) is 104 Å². The summed E-state index contributed by atoms with van der Waals surface area (Å²) < 4.78 is 11.6. The van der Waals surface area contributed by atoms with Crippen LogP contribution in [-0.4, -0.2) is 46.9 Å². The van der Waals surface area contributed by atoms with Crippen molar-refractivity contribution in [3.05, 3.63) is 35.9 Å². The number of benzene rings is 1. The van der Waals surface area contributed by atoms with E-state index in [0.29, 0.717) is 41.6 Å². The average molecular weight is 594 g/mol. The Balaban J connectivity index is 1.17. The van der Waals surface area contributed by atoms with Crippen molar-refractivity contribution in [1.29, 1.82) is 0 Å². The van der Waals surface area contributed by atoms with Crippen LogP contribution in [-0.2, 0) is 20.9 Å². The maximum atomic E-state index is 13.5. The average Bonchev–Trinajstić information content (AvgIpc) is 3.25. The fourth-order valence-corrected chi connectivity index (χ4v) is 11.5. The number of ether oxygens (including phenoxy) is 2. The molecule has 1 saturated heterocycles. The molecule has 1 aliphatic heterocycles. The predicted octanol–water partition coefficient (Wildman–Crippen LogP) is 7.62. The molecule has 6 unspecified atom stereocenters. The van der Waals surface area contributed by atoms with Gasteiger partial charge in [0.25, 0.3) is 0 Å². The molecule has 1 aromatic rings. The number of aliphatic hydroxyl groups excluding tert-OH is 1. The second-order valence-electron chi connectivity index (χ2n) is 15.8. The van der Waals surface area contributed by atoms with Crippen molar-refractivity contribution in [3.63, 3.8) is 0 Å². The number of amides is 1. The third kappa shape index (κ3) is 5.64. The highest BCUT2D eigenvalue weighted by Gasteiger charge is 2.63. The van der Waals surface area contributed by atoms with Crippen molar-refractivity contribution in [2.75, 3.05) is 6.54 Å². The van der Waals surface area contributed by atoms with Crippen LogP contribution in [0.25, 0.3) is 0 Å². The maximum Gasteiger partial charge on any atom is 0.410 e. The highest BCUT2D eigenvalue weighted by molar-refractivity contribution is 5.68. The Labute approximate surface area is 259 Å². The van der Waals surface area contributed by atoms with Gasteiger partial charge in [-0.15, -0.1) is 0 Å². The molecule has 1 aromatic carbocycles. The number of piperidine rings is 1. The zero-order valence-corrected chi connectivity index (χ0v) is 27.2. The Morgan fingerprint density at radius 2 is 1.72 bits per heavy atom. The highest BCUT2D eigenvalue weighted by atomic mass is 16.6. The van der Waals surface area contributed by atoms with E-state index in [1.165, 1.54) is 26.2 Å². The third-order valence-corrected chi connectivity index (χ3v) is 13.5. The molecule has 1 heterocycles. The summed E-state index contributed by atoms with van der Waals surface area (Å²) in [5.74, 6) is 3.18. The molecular formula is C37H55NO5. The summed E-state index contributed by atoms with van der Waals surface area (Å²) >= 11 is 0. The number of nitrogens with zero attached hydrogens (tertiary/aromatic N) is 1. The van der Waals surface area contributed by atoms with Crippen LogP contribution in [0.2, 0.25) is 0 Å². The number of hydrogen-bond donors (Lipinski definition) is 1. The van der Waals surface area contributed by atoms with Crippen LogP contribution in [0.3, 0.4) is 0 Å². The maximum absolute atomic E-state index is 13.5. The van der Waals surface area contributed by atoms with Gasteiger partial charge in [0.05, 0.1) is 6.10 Å². The molecule has 0 bridgehead atoms. The summed E-state index contributed by atoms with van der Waals surface area (Å²) in [6.07, 6.45) is 10.5. The zero-order valence-electron chi connectivity index (χ0n) is 27.2. The first-order chi connectivity index (χ1) is 20.5. The van der Waals surface area contributed by atoms with E-state index in [2.05, 4.69) is 27.7 Å². The molecule has 4 aliphatic carbocycles. The Morgan fingerprint density at radius 1 is 0.977 bits per heavy atom. The van der Waals surface area contributed by atoms with Gasteiger partial charge in [-0.1, -0.05) is 58.0 Å². The fourth-order valence-electron chi connectivity index (χ4n) is 11.5. The summed E-state index contributed by atoms with van der Waals surface area (Å²) in [5, 5.41) is 11.8. The Kier molecular flexibility index (Phi) is 8.65. The Hall–Kier alpha value is -2.08. The third-order valence-electron chi connectivity index (χ3n) is 13.5. The van der Waals surface area contributed by atoms with E-state index >= 15 is 0 Å². The lowest BCUT2D eigenvalue weighted by Crippen LogP contribution is -2.56. The fraction of sp³-hybridized carbons (Fsp3) is 0.784. The van der Waals surface area contributed by atoms with E-state index < -0.39 is 0 Å². The summed E-state index contributed by atoms with van der Waals surface area (Å²) in [4.78, 5) is 27.2. The van der Waals surface area contributed by atoms with Crippen LogP contribution >= 0.6 is 0 Å². The van der Waals surface area contributed by atoms with Gasteiger partial charge in [0.2, 0.25) is 0 Å². The SMILES string of the molecule is CC(=O)OC1CC[C@@]2(C)C(CC[C@H]3[C@@H]4CC(O)[C@H](C(C)C5CCC(C)CN5C(=O)OCc5ccccc5)[C@@]4(C)CC[C@@H]32)C1. The number of rotatable bonds is 5. The van der Waals surface area contributed by atoms with E-state index in [4.69, 9.17) is 9.47 Å². The van der Waals surface area contributed by atoms with Gasteiger partial charge in [-0.2, -0.15) is 0 Å². The number of aliphatic hydroxyl groups is 1. The molecule has 0 radical (unpaired) electrons. The second-order valence-corrected chi connectivity index (χ2v) is 15.8. The molecule has 12 atom stereocenters. The van der Waals surface area contributed by atoms with Crippen LogP contribution in [0, 0.1) is 52.3 Å². The first kappa shape index (κ1) is 30.9. The molecule has 6 nitrogen and oxygen atoms in total. The molecule has 0 aromatic heterocycles. The van der Waals surface area contributed by atoms with E-state index in [0.717, 1.165) is 57.1 Å². The van der Waals surface area contributed by atoms with Crippen molar-refractivity contribution in [2.24, 2.45) is 52.3 Å². The minimum atomic E-state index is -0.324. The highest BCUT2D eigenvalue weighted by Crippen LogP contribution is 2.68. The van der Waals surface area contributed by atoms with E-state index in [-0.39, 0.29) is 47.6 Å². The molecule has 5 aliphatic rings. The number of likely N-dealkylation sites (tertiary alicyclic amines) is 1. The van der Waals surface area contributed by atoms with E-state index in [1.54, 1.807) is 0 Å². The monoisotopic (exact) mass is 593 g/mol. The van der Waals surface area contributed by atoms with Gasteiger partial charge in [-0.25, -0.2) is 4.79 Å². The zero-order chi connectivity index (χ0) is 30.5. The van der Waals surface area contributed by atoms with Gasteiger partial charge < -0.3 is 19.5 Å². The first-order valence-corrected chi connectivity index (χ1v) is 17.3. The van der Waals surface area contributed by atoms with Gasteiger partial charge in [-0.05, 0) is 122 Å². The molecule has 6 rings (SSSR count). The summed E-state index contributed by atoms with van der Waals surface area (Å²) in [7, 11) is 0. The molecule has 43 heavy (non-hydrogen) atoms. The van der Waals surface area contributed by atoms with Gasteiger partial charge in [0.15, 0.2) is 0 Å². The molecule has 5 fully saturated rings. The van der Waals surface area contributed by atoms with Gasteiger partial charge in [0.1, 0.15) is 12.7 Å². The van der Waals surface area contributed by atoms with Gasteiger partial charge in [-0.3, -0.25) is 4.79 Å². The number of carbonyl (C=O) groups is 2. The van der Waals surface area contributed by atoms with Crippen LogP contribution in [0.4, 0.5) is 4.79 Å². The summed E-state index contributed by atoms with van der Waals surface area (Å²) in [5.41, 5.74) is 1.39. The van der Waals surface area contributed by atoms with E-state index in [9.17, 15) is 14.7 Å². The lowest BCUT2D eigenvalue weighted by Gasteiger charge is -2.61. The summed E-state index contributed by atoms with van der Waals surface area (Å²) in [6, 6.07) is 10.0. The summed E-state index contributed by atoms with van der Waals surface area (Å²) in [6.45, 7) is 12.1. The number of carbonyl (C=O) groups excluding carboxylic acids is 2. The standard InChI is InChI=1S/C37H55NO5/c1-23-11-14-32(38(21-23)35(41)42-22-26-9-7-6-8-10-26)24(2)34-33(40)20-31-29-13-12-27-19-28(43-25(3)39)15-17-36(27,4)30(29)16-18-37(31,34)5/h6-10,23-24,27-34,40H,11-22H2,1-5H3/t23?,24?,27?,28?,29-,30+,31+,32?,33?,34+,36+,37+/m1/s1. The molecule has 238 valence electrons.